The van der Waals surface area contributed by atoms with Gasteiger partial charge in [0.15, 0.2) is 0 Å². The number of sulfonamides is 1. The number of hydrogen-bond donors (Lipinski definition) is 1. The topological polar surface area (TPSA) is 71.5 Å². The fourth-order valence-corrected chi connectivity index (χ4v) is 4.44. The summed E-state index contributed by atoms with van der Waals surface area (Å²) in [5.41, 5.74) is 2.10. The molecule has 6 nitrogen and oxygen atoms in total. The van der Waals surface area contributed by atoms with E-state index in [4.69, 9.17) is 4.74 Å². The Morgan fingerprint density at radius 2 is 1.96 bits per heavy atom. The van der Waals surface area contributed by atoms with E-state index >= 15 is 0 Å². The van der Waals surface area contributed by atoms with Crippen molar-refractivity contribution in [1.29, 1.82) is 0 Å². The van der Waals surface area contributed by atoms with E-state index < -0.39 is 10.0 Å². The maximum absolute atomic E-state index is 12.4. The third kappa shape index (κ3) is 5.08. The Balaban J connectivity index is 1.57. The second-order valence-corrected chi connectivity index (χ2v) is 8.65. The van der Waals surface area contributed by atoms with Gasteiger partial charge in [-0.1, -0.05) is 19.1 Å². The zero-order valence-corrected chi connectivity index (χ0v) is 15.9. The molecule has 1 aliphatic heterocycles. The van der Waals surface area contributed by atoms with Crippen molar-refractivity contribution in [1.82, 2.24) is 14.6 Å². The van der Waals surface area contributed by atoms with Crippen molar-refractivity contribution in [2.24, 2.45) is 0 Å². The highest BCUT2D eigenvalue weighted by atomic mass is 32.2. The summed E-state index contributed by atoms with van der Waals surface area (Å²) in [5, 5.41) is 2.77. The van der Waals surface area contributed by atoms with E-state index in [0.29, 0.717) is 0 Å². The molecule has 25 heavy (non-hydrogen) atoms. The van der Waals surface area contributed by atoms with Gasteiger partial charge in [0.25, 0.3) is 0 Å². The summed E-state index contributed by atoms with van der Waals surface area (Å²) in [6.07, 6.45) is 0.888. The molecule has 1 aromatic carbocycles. The van der Waals surface area contributed by atoms with Crippen molar-refractivity contribution < 1.29 is 13.2 Å². The highest BCUT2D eigenvalue weighted by Gasteiger charge is 2.16. The van der Waals surface area contributed by atoms with E-state index in [0.717, 1.165) is 55.5 Å². The lowest BCUT2D eigenvalue weighted by molar-refractivity contribution is 0.0337. The predicted molar refractivity (Wildman–Crippen MR) is 98.1 cm³/mol. The maximum Gasteiger partial charge on any atom is 0.240 e. The minimum atomic E-state index is -3.51. The number of aromatic nitrogens is 1. The van der Waals surface area contributed by atoms with Gasteiger partial charge in [0.05, 0.1) is 30.3 Å². The molecule has 1 aliphatic rings. The SMILES string of the molecule is CCc1ccc(S(=O)(=O)NCc2nc(CN3CCOCC3)cs2)cc1. The van der Waals surface area contributed by atoms with Gasteiger partial charge in [-0.05, 0) is 24.1 Å². The second-order valence-electron chi connectivity index (χ2n) is 5.94. The van der Waals surface area contributed by atoms with Crippen molar-refractivity contribution in [2.75, 3.05) is 26.3 Å². The molecule has 0 bridgehead atoms. The van der Waals surface area contributed by atoms with Crippen LogP contribution in [0.3, 0.4) is 0 Å². The monoisotopic (exact) mass is 381 g/mol. The first kappa shape index (κ1) is 18.5. The zero-order valence-electron chi connectivity index (χ0n) is 14.3. The highest BCUT2D eigenvalue weighted by Crippen LogP contribution is 2.15. The third-order valence-electron chi connectivity index (χ3n) is 4.14. The average Bonchev–Trinajstić information content (AvgIpc) is 3.08. The van der Waals surface area contributed by atoms with E-state index in [1.807, 2.05) is 24.4 Å². The molecule has 1 aromatic heterocycles. The zero-order chi connectivity index (χ0) is 17.7. The van der Waals surface area contributed by atoms with Gasteiger partial charge in [-0.25, -0.2) is 18.1 Å². The summed E-state index contributed by atoms with van der Waals surface area (Å²) in [4.78, 5) is 7.12. The third-order valence-corrected chi connectivity index (χ3v) is 6.46. The van der Waals surface area contributed by atoms with Crippen molar-refractivity contribution in [2.45, 2.75) is 31.3 Å². The standard InChI is InChI=1S/C17H23N3O3S2/c1-2-14-3-5-16(6-4-14)25(21,22)18-11-17-19-15(13-24-17)12-20-7-9-23-10-8-20/h3-6,13,18H,2,7-12H2,1H3. The van der Waals surface area contributed by atoms with Crippen LogP contribution in [-0.2, 0) is 34.3 Å². The fraction of sp³-hybridized carbons (Fsp3) is 0.471. The molecule has 0 amide bonds. The van der Waals surface area contributed by atoms with E-state index in [9.17, 15) is 8.42 Å². The Hall–Kier alpha value is -1.32. The summed E-state index contributed by atoms with van der Waals surface area (Å²) >= 11 is 1.48. The smallest absolute Gasteiger partial charge is 0.240 e. The van der Waals surface area contributed by atoms with E-state index in [2.05, 4.69) is 14.6 Å². The molecule has 8 heteroatoms. The Morgan fingerprint density at radius 3 is 2.64 bits per heavy atom. The number of hydrogen-bond acceptors (Lipinski definition) is 6. The van der Waals surface area contributed by atoms with E-state index in [1.54, 1.807) is 12.1 Å². The summed E-state index contributed by atoms with van der Waals surface area (Å²) in [5.74, 6) is 0. The lowest BCUT2D eigenvalue weighted by atomic mass is 10.2. The van der Waals surface area contributed by atoms with Crippen LogP contribution in [0, 0.1) is 0 Å². The number of benzene rings is 1. The van der Waals surface area contributed by atoms with Crippen molar-refractivity contribution in [3.63, 3.8) is 0 Å². The Labute approximate surface area is 152 Å². The largest absolute Gasteiger partial charge is 0.379 e. The predicted octanol–water partition coefficient (Wildman–Crippen LogP) is 2.02. The molecule has 2 heterocycles. The average molecular weight is 382 g/mol. The Kier molecular flexibility index (Phi) is 6.19. The van der Waals surface area contributed by atoms with Crippen LogP contribution in [0.5, 0.6) is 0 Å². The van der Waals surface area contributed by atoms with Crippen molar-refractivity contribution >= 4 is 21.4 Å². The van der Waals surface area contributed by atoms with E-state index in [1.165, 1.54) is 11.3 Å². The first-order valence-electron chi connectivity index (χ1n) is 8.39. The molecule has 2 aromatic rings. The lowest BCUT2D eigenvalue weighted by Gasteiger charge is -2.25. The first-order valence-corrected chi connectivity index (χ1v) is 10.7. The molecule has 0 unspecified atom stereocenters. The van der Waals surface area contributed by atoms with Gasteiger partial charge in [-0.3, -0.25) is 4.90 Å². The van der Waals surface area contributed by atoms with Crippen LogP contribution in [0.15, 0.2) is 34.5 Å². The van der Waals surface area contributed by atoms with Crippen molar-refractivity contribution in [3.8, 4) is 0 Å². The minimum Gasteiger partial charge on any atom is -0.379 e. The van der Waals surface area contributed by atoms with E-state index in [-0.39, 0.29) is 11.4 Å². The molecule has 136 valence electrons. The van der Waals surface area contributed by atoms with Gasteiger partial charge in [0, 0.05) is 25.0 Å². The first-order chi connectivity index (χ1) is 12.1. The summed E-state index contributed by atoms with van der Waals surface area (Å²) in [6.45, 7) is 6.37. The normalized spacial score (nSPS) is 16.2. The molecule has 0 radical (unpaired) electrons. The van der Waals surface area contributed by atoms with Gasteiger partial charge in [0.1, 0.15) is 5.01 Å². The van der Waals surface area contributed by atoms with Gasteiger partial charge in [0.2, 0.25) is 10.0 Å². The molecule has 3 rings (SSSR count). The Morgan fingerprint density at radius 1 is 1.24 bits per heavy atom. The molecule has 1 N–H and O–H groups in total. The molecule has 0 saturated carbocycles. The molecule has 0 aliphatic carbocycles. The van der Waals surface area contributed by atoms with Crippen LogP contribution in [0.25, 0.3) is 0 Å². The molecule has 1 saturated heterocycles. The van der Waals surface area contributed by atoms with Crippen LogP contribution >= 0.6 is 11.3 Å². The second kappa shape index (κ2) is 8.37. The fourth-order valence-electron chi connectivity index (χ4n) is 2.64. The molecular weight excluding hydrogens is 358 g/mol. The van der Waals surface area contributed by atoms with Crippen LogP contribution in [0.4, 0.5) is 0 Å². The van der Waals surface area contributed by atoms with Crippen LogP contribution < -0.4 is 4.72 Å². The minimum absolute atomic E-state index is 0.214. The number of morpholine rings is 1. The van der Waals surface area contributed by atoms with Gasteiger partial charge >= 0.3 is 0 Å². The number of nitrogens with one attached hydrogen (secondary N) is 1. The molecule has 0 atom stereocenters. The summed E-state index contributed by atoms with van der Waals surface area (Å²) < 4.78 is 32.7. The van der Waals surface area contributed by atoms with Crippen LogP contribution in [-0.4, -0.2) is 44.6 Å². The molecule has 0 spiro atoms. The molecular formula is C17H23N3O3S2. The number of thiazole rings is 1. The molecule has 1 fully saturated rings. The quantitative estimate of drug-likeness (QED) is 0.794. The van der Waals surface area contributed by atoms with Gasteiger partial charge in [-0.2, -0.15) is 0 Å². The lowest BCUT2D eigenvalue weighted by Crippen LogP contribution is -2.35. The summed E-state index contributed by atoms with van der Waals surface area (Å²) in [7, 11) is -3.51. The number of nitrogens with zero attached hydrogens (tertiary/aromatic N) is 2. The maximum atomic E-state index is 12.4. The highest BCUT2D eigenvalue weighted by molar-refractivity contribution is 7.89. The van der Waals surface area contributed by atoms with Gasteiger partial charge < -0.3 is 4.74 Å². The Bertz CT molecular complexity index is 782. The van der Waals surface area contributed by atoms with Gasteiger partial charge in [-0.15, -0.1) is 11.3 Å². The van der Waals surface area contributed by atoms with Crippen molar-refractivity contribution in [3.05, 3.63) is 45.9 Å². The number of rotatable bonds is 7. The van der Waals surface area contributed by atoms with Crippen LogP contribution in [0.1, 0.15) is 23.2 Å². The number of aryl methyl sites for hydroxylation is 1. The van der Waals surface area contributed by atoms with Crippen LogP contribution in [0.2, 0.25) is 0 Å². The number of ether oxygens (including phenoxy) is 1. The summed E-state index contributed by atoms with van der Waals surface area (Å²) in [6, 6.07) is 6.98.